The van der Waals surface area contributed by atoms with Gasteiger partial charge in [-0.15, -0.1) is 0 Å². The lowest BCUT2D eigenvalue weighted by atomic mass is 10.3. The highest BCUT2D eigenvalue weighted by Gasteiger charge is 2.28. The highest BCUT2D eigenvalue weighted by molar-refractivity contribution is 7.71. The van der Waals surface area contributed by atoms with Crippen molar-refractivity contribution in [3.63, 3.8) is 0 Å². The molecule has 1 aliphatic carbocycles. The van der Waals surface area contributed by atoms with Crippen LogP contribution in [0.4, 0.5) is 0 Å². The Morgan fingerprint density at radius 3 is 2.44 bits per heavy atom. The third-order valence-corrected chi connectivity index (χ3v) is 5.72. The van der Waals surface area contributed by atoms with E-state index in [9.17, 15) is 0 Å². The van der Waals surface area contributed by atoms with Crippen LogP contribution < -0.4 is 0 Å². The lowest BCUT2D eigenvalue weighted by molar-refractivity contribution is 0.682. The first-order valence-corrected chi connectivity index (χ1v) is 9.44. The van der Waals surface area contributed by atoms with E-state index in [0.717, 1.165) is 4.77 Å². The Labute approximate surface area is 103 Å². The van der Waals surface area contributed by atoms with Crippen LogP contribution in [-0.2, 0) is 7.05 Å². The average Bonchev–Trinajstić information content (AvgIpc) is 2.74. The van der Waals surface area contributed by atoms with E-state index >= 15 is 0 Å². The number of allylic oxidation sites excluding steroid dienone is 4. The molecule has 0 amide bonds. The zero-order chi connectivity index (χ0) is 11.9. The Morgan fingerprint density at radius 2 is 1.94 bits per heavy atom. The van der Waals surface area contributed by atoms with Gasteiger partial charge in [-0.25, -0.2) is 0 Å². The van der Waals surface area contributed by atoms with E-state index in [0.29, 0.717) is 6.04 Å². The summed E-state index contributed by atoms with van der Waals surface area (Å²) in [5, 5.41) is 1.55. The predicted molar refractivity (Wildman–Crippen MR) is 73.8 cm³/mol. The van der Waals surface area contributed by atoms with Crippen molar-refractivity contribution in [2.75, 3.05) is 0 Å². The van der Waals surface area contributed by atoms with E-state index in [2.05, 4.69) is 48.6 Å². The molecule has 16 heavy (non-hydrogen) atoms. The van der Waals surface area contributed by atoms with Gasteiger partial charge < -0.3 is 9.13 Å². The van der Waals surface area contributed by atoms with Gasteiger partial charge in [0.1, 0.15) is 0 Å². The van der Waals surface area contributed by atoms with Gasteiger partial charge in [0, 0.05) is 19.4 Å². The Hall–Kier alpha value is -0.873. The molecule has 0 spiro atoms. The number of nitrogens with zero attached hydrogens (tertiary/aromatic N) is 2. The SMILES string of the molecule is Cn1ccn(C2C=CC=C2[Si](C)(C)C)c1=S. The van der Waals surface area contributed by atoms with Crippen LogP contribution in [0.5, 0.6) is 0 Å². The van der Waals surface area contributed by atoms with Gasteiger partial charge in [0.25, 0.3) is 0 Å². The molecule has 2 rings (SSSR count). The first-order chi connectivity index (χ1) is 7.41. The molecule has 1 aliphatic rings. The van der Waals surface area contributed by atoms with Crippen molar-refractivity contribution in [1.29, 1.82) is 0 Å². The van der Waals surface area contributed by atoms with Crippen LogP contribution in [0.15, 0.2) is 35.8 Å². The standard InChI is InChI=1S/C12H18N2SSi/c1-13-8-9-14(12(13)15)10-6-5-7-11(10)16(2,3)4/h5-10H,1-4H3. The molecule has 4 heteroatoms. The first kappa shape index (κ1) is 11.6. The van der Waals surface area contributed by atoms with E-state index in [1.807, 2.05) is 17.8 Å². The molecule has 0 aromatic carbocycles. The maximum atomic E-state index is 5.42. The van der Waals surface area contributed by atoms with Gasteiger partial charge in [0.15, 0.2) is 4.77 Å². The molecule has 1 atom stereocenters. The van der Waals surface area contributed by atoms with Crippen LogP contribution in [-0.4, -0.2) is 17.2 Å². The summed E-state index contributed by atoms with van der Waals surface area (Å²) >= 11 is 5.42. The van der Waals surface area contributed by atoms with E-state index in [1.165, 1.54) is 0 Å². The predicted octanol–water partition coefficient (Wildman–Crippen LogP) is 3.47. The van der Waals surface area contributed by atoms with Gasteiger partial charge in [0.05, 0.1) is 14.1 Å². The van der Waals surface area contributed by atoms with Gasteiger partial charge in [-0.3, -0.25) is 0 Å². The Balaban J connectivity index is 2.44. The van der Waals surface area contributed by atoms with Gasteiger partial charge in [-0.2, -0.15) is 0 Å². The molecular weight excluding hydrogens is 232 g/mol. The number of imidazole rings is 1. The van der Waals surface area contributed by atoms with E-state index in [4.69, 9.17) is 12.2 Å². The average molecular weight is 250 g/mol. The molecule has 1 aromatic rings. The quantitative estimate of drug-likeness (QED) is 0.577. The highest BCUT2D eigenvalue weighted by atomic mass is 32.1. The molecule has 0 saturated heterocycles. The summed E-state index contributed by atoms with van der Waals surface area (Å²) in [6.45, 7) is 7.14. The molecule has 1 unspecified atom stereocenters. The van der Waals surface area contributed by atoms with Crippen LogP contribution in [0.25, 0.3) is 0 Å². The van der Waals surface area contributed by atoms with Crippen LogP contribution in [0.3, 0.4) is 0 Å². The van der Waals surface area contributed by atoms with Gasteiger partial charge in [0.2, 0.25) is 0 Å². The van der Waals surface area contributed by atoms with Crippen LogP contribution >= 0.6 is 12.2 Å². The molecule has 0 N–H and O–H groups in total. The summed E-state index contributed by atoms with van der Waals surface area (Å²) in [5.74, 6) is 0. The second-order valence-electron chi connectivity index (χ2n) is 5.30. The molecule has 0 fully saturated rings. The third kappa shape index (κ3) is 1.87. The Kier molecular flexibility index (Phi) is 2.80. The molecule has 1 heterocycles. The van der Waals surface area contributed by atoms with Crippen molar-refractivity contribution in [2.45, 2.75) is 25.7 Å². The lowest BCUT2D eigenvalue weighted by Crippen LogP contribution is -2.28. The fourth-order valence-electron chi connectivity index (χ4n) is 2.10. The van der Waals surface area contributed by atoms with Crippen molar-refractivity contribution in [3.8, 4) is 0 Å². The number of hydrogen-bond acceptors (Lipinski definition) is 1. The van der Waals surface area contributed by atoms with Gasteiger partial charge in [-0.05, 0) is 12.2 Å². The molecule has 2 nitrogen and oxygen atoms in total. The Bertz CT molecular complexity index is 514. The fraction of sp³-hybridized carbons (Fsp3) is 0.417. The zero-order valence-electron chi connectivity index (χ0n) is 10.3. The van der Waals surface area contributed by atoms with Crippen molar-refractivity contribution >= 4 is 20.3 Å². The summed E-state index contributed by atoms with van der Waals surface area (Å²) in [6, 6.07) is 0.348. The van der Waals surface area contributed by atoms with E-state index in [-0.39, 0.29) is 0 Å². The van der Waals surface area contributed by atoms with Crippen molar-refractivity contribution < 1.29 is 0 Å². The van der Waals surface area contributed by atoms with Crippen LogP contribution in [0.2, 0.25) is 19.6 Å². The fourth-order valence-corrected chi connectivity index (χ4v) is 4.05. The number of hydrogen-bond donors (Lipinski definition) is 0. The third-order valence-electron chi connectivity index (χ3n) is 3.03. The lowest BCUT2D eigenvalue weighted by Gasteiger charge is -2.25. The van der Waals surface area contributed by atoms with Crippen LogP contribution in [0.1, 0.15) is 6.04 Å². The molecule has 0 saturated carbocycles. The summed E-state index contributed by atoms with van der Waals surface area (Å²) in [6.07, 6.45) is 10.8. The molecule has 0 radical (unpaired) electrons. The summed E-state index contributed by atoms with van der Waals surface area (Å²) in [7, 11) is 0.734. The summed E-state index contributed by atoms with van der Waals surface area (Å²) in [5.41, 5.74) is 0. The smallest absolute Gasteiger partial charge is 0.180 e. The monoisotopic (exact) mass is 250 g/mol. The topological polar surface area (TPSA) is 9.86 Å². The molecule has 0 aliphatic heterocycles. The first-order valence-electron chi connectivity index (χ1n) is 5.53. The van der Waals surface area contributed by atoms with Crippen LogP contribution in [0, 0.1) is 4.77 Å². The normalized spacial score (nSPS) is 20.2. The van der Waals surface area contributed by atoms with Crippen molar-refractivity contribution in [2.24, 2.45) is 7.05 Å². The van der Waals surface area contributed by atoms with Gasteiger partial charge >= 0.3 is 0 Å². The van der Waals surface area contributed by atoms with Crippen molar-refractivity contribution in [1.82, 2.24) is 9.13 Å². The minimum absolute atomic E-state index is 0.348. The van der Waals surface area contributed by atoms with Crippen molar-refractivity contribution in [3.05, 3.63) is 40.6 Å². The van der Waals surface area contributed by atoms with E-state index in [1.54, 1.807) is 5.20 Å². The Morgan fingerprint density at radius 1 is 1.25 bits per heavy atom. The minimum Gasteiger partial charge on any atom is -0.327 e. The number of aromatic nitrogens is 2. The molecular formula is C12H18N2SSi. The summed E-state index contributed by atoms with van der Waals surface area (Å²) < 4.78 is 5.06. The van der Waals surface area contributed by atoms with E-state index < -0.39 is 8.07 Å². The maximum Gasteiger partial charge on any atom is 0.180 e. The summed E-state index contributed by atoms with van der Waals surface area (Å²) in [4.78, 5) is 0. The highest BCUT2D eigenvalue weighted by Crippen LogP contribution is 2.32. The second kappa shape index (κ2) is 3.86. The number of aryl methyl sites for hydroxylation is 1. The minimum atomic E-state index is -1.26. The number of rotatable bonds is 2. The maximum absolute atomic E-state index is 5.42. The molecule has 0 bridgehead atoms. The zero-order valence-corrected chi connectivity index (χ0v) is 12.1. The molecule has 1 aromatic heterocycles. The molecule has 86 valence electrons. The second-order valence-corrected chi connectivity index (χ2v) is 10.7. The van der Waals surface area contributed by atoms with Gasteiger partial charge in [-0.1, -0.05) is 43.1 Å². The largest absolute Gasteiger partial charge is 0.327 e.